The summed E-state index contributed by atoms with van der Waals surface area (Å²) in [6.07, 6.45) is 0. The molecule has 0 aliphatic rings. The topological polar surface area (TPSA) is 67.3 Å². The maximum Gasteiger partial charge on any atom is 0.199 e. The second-order valence-corrected chi connectivity index (χ2v) is 7.64. The average molecular weight is 387 g/mol. The molecular formula is C23H22FN5. The van der Waals surface area contributed by atoms with Crippen molar-refractivity contribution in [2.45, 2.75) is 33.1 Å². The van der Waals surface area contributed by atoms with Crippen LogP contribution in [-0.4, -0.2) is 25.1 Å². The fraction of sp³-hybridized carbons (Fsp3) is 0.217. The number of aromatic nitrogens is 5. The van der Waals surface area contributed by atoms with E-state index in [1.165, 1.54) is 12.1 Å². The number of hydrogen-bond acceptors (Lipinski definition) is 4. The smallest absolute Gasteiger partial charge is 0.199 e. The molecule has 4 rings (SSSR count). The minimum atomic E-state index is -0.439. The van der Waals surface area contributed by atoms with Crippen LogP contribution in [0.3, 0.4) is 0 Å². The summed E-state index contributed by atoms with van der Waals surface area (Å²) in [5.41, 5.74) is 4.62. The number of pyridine rings is 2. The molecule has 3 heterocycles. The van der Waals surface area contributed by atoms with E-state index >= 15 is 0 Å². The minimum absolute atomic E-state index is 0.244. The fourth-order valence-corrected chi connectivity index (χ4v) is 3.34. The van der Waals surface area contributed by atoms with Gasteiger partial charge in [0.1, 0.15) is 17.3 Å². The van der Waals surface area contributed by atoms with E-state index in [1.807, 2.05) is 50.2 Å². The van der Waals surface area contributed by atoms with Crippen LogP contribution in [0.5, 0.6) is 0 Å². The van der Waals surface area contributed by atoms with Gasteiger partial charge in [0.15, 0.2) is 5.82 Å². The van der Waals surface area contributed by atoms with Crippen molar-refractivity contribution in [2.24, 2.45) is 0 Å². The molecule has 0 aliphatic heterocycles. The lowest BCUT2D eigenvalue weighted by Crippen LogP contribution is -2.22. The molecule has 0 saturated carbocycles. The van der Waals surface area contributed by atoms with Gasteiger partial charge in [0.25, 0.3) is 0 Å². The van der Waals surface area contributed by atoms with Crippen molar-refractivity contribution in [3.05, 3.63) is 83.2 Å². The fourth-order valence-electron chi connectivity index (χ4n) is 3.34. The van der Waals surface area contributed by atoms with Crippen LogP contribution in [0.15, 0.2) is 54.6 Å². The van der Waals surface area contributed by atoms with E-state index in [-0.39, 0.29) is 5.82 Å². The van der Waals surface area contributed by atoms with E-state index in [2.05, 4.69) is 29.0 Å². The van der Waals surface area contributed by atoms with Crippen molar-refractivity contribution < 1.29 is 4.39 Å². The third-order valence-electron chi connectivity index (χ3n) is 5.07. The highest BCUT2D eigenvalue weighted by atomic mass is 19.1. The minimum Gasteiger partial charge on any atom is -0.263 e. The van der Waals surface area contributed by atoms with Gasteiger partial charge in [0, 0.05) is 11.0 Å². The molecule has 1 aromatic carbocycles. The van der Waals surface area contributed by atoms with Gasteiger partial charge in [-0.25, -0.2) is 14.4 Å². The number of nitrogens with zero attached hydrogens (tertiary/aromatic N) is 4. The molecule has 6 heteroatoms. The number of aryl methyl sites for hydroxylation is 2. The molecule has 4 aromatic rings. The molecule has 146 valence electrons. The number of hydrogen-bond donors (Lipinski definition) is 1. The highest BCUT2D eigenvalue weighted by Crippen LogP contribution is 2.32. The van der Waals surface area contributed by atoms with Gasteiger partial charge >= 0.3 is 0 Å². The molecule has 0 saturated heterocycles. The molecule has 0 bridgehead atoms. The Morgan fingerprint density at radius 3 is 2.10 bits per heavy atom. The standard InChI is InChI=1S/C23H22FN5/c1-14-13-16(24)11-12-17(14)18-7-5-9-20(26-18)23(3,4)21-10-6-8-19(27-21)22-25-15(2)28-29-22/h5-13H,1-4H3,(H,25,28,29). The monoisotopic (exact) mass is 387 g/mol. The van der Waals surface area contributed by atoms with Gasteiger partial charge in [0.05, 0.1) is 17.1 Å². The van der Waals surface area contributed by atoms with E-state index in [0.29, 0.717) is 11.5 Å². The predicted molar refractivity (Wildman–Crippen MR) is 111 cm³/mol. The largest absolute Gasteiger partial charge is 0.263 e. The number of halogens is 1. The zero-order valence-electron chi connectivity index (χ0n) is 16.9. The van der Waals surface area contributed by atoms with E-state index in [1.54, 1.807) is 6.07 Å². The summed E-state index contributed by atoms with van der Waals surface area (Å²) in [7, 11) is 0. The zero-order chi connectivity index (χ0) is 20.6. The summed E-state index contributed by atoms with van der Waals surface area (Å²) in [6, 6.07) is 16.5. The SMILES string of the molecule is Cc1nc(-c2cccc(C(C)(C)c3cccc(-c4ccc(F)cc4C)n3)n2)n[nH]1. The molecule has 0 amide bonds. The average Bonchev–Trinajstić information content (AvgIpc) is 3.14. The Morgan fingerprint density at radius 2 is 1.48 bits per heavy atom. The van der Waals surface area contributed by atoms with Crippen LogP contribution < -0.4 is 0 Å². The van der Waals surface area contributed by atoms with Gasteiger partial charge in [0.2, 0.25) is 0 Å². The Morgan fingerprint density at radius 1 is 0.828 bits per heavy atom. The molecule has 1 N–H and O–H groups in total. The summed E-state index contributed by atoms with van der Waals surface area (Å²) in [4.78, 5) is 14.1. The summed E-state index contributed by atoms with van der Waals surface area (Å²) < 4.78 is 13.5. The van der Waals surface area contributed by atoms with Crippen molar-refractivity contribution in [3.63, 3.8) is 0 Å². The molecule has 0 fully saturated rings. The summed E-state index contributed by atoms with van der Waals surface area (Å²) in [5.74, 6) is 1.07. The van der Waals surface area contributed by atoms with Crippen LogP contribution in [0.2, 0.25) is 0 Å². The molecule has 0 radical (unpaired) electrons. The Bertz CT molecular complexity index is 1180. The second kappa shape index (κ2) is 7.20. The number of rotatable bonds is 4. The third-order valence-corrected chi connectivity index (χ3v) is 5.07. The first kappa shape index (κ1) is 18.9. The predicted octanol–water partition coefficient (Wildman–Crippen LogP) is 5.01. The van der Waals surface area contributed by atoms with Gasteiger partial charge in [-0.2, -0.15) is 5.10 Å². The molecule has 5 nitrogen and oxygen atoms in total. The summed E-state index contributed by atoms with van der Waals surface area (Å²) in [6.45, 7) is 7.93. The highest BCUT2D eigenvalue weighted by molar-refractivity contribution is 5.63. The quantitative estimate of drug-likeness (QED) is 0.534. The van der Waals surface area contributed by atoms with Crippen molar-refractivity contribution >= 4 is 0 Å². The van der Waals surface area contributed by atoms with E-state index in [9.17, 15) is 4.39 Å². The Hall–Kier alpha value is -3.41. The lowest BCUT2D eigenvalue weighted by Gasteiger charge is -2.24. The first-order chi connectivity index (χ1) is 13.8. The van der Waals surface area contributed by atoms with Gasteiger partial charge < -0.3 is 0 Å². The molecule has 29 heavy (non-hydrogen) atoms. The van der Waals surface area contributed by atoms with Gasteiger partial charge in [-0.05, 0) is 75.7 Å². The Kier molecular flexibility index (Phi) is 4.70. The molecule has 0 aliphatic carbocycles. The van der Waals surface area contributed by atoms with Crippen molar-refractivity contribution in [2.75, 3.05) is 0 Å². The van der Waals surface area contributed by atoms with Gasteiger partial charge in [-0.15, -0.1) is 0 Å². The Balaban J connectivity index is 1.74. The van der Waals surface area contributed by atoms with Crippen LogP contribution in [0.25, 0.3) is 22.8 Å². The van der Waals surface area contributed by atoms with Crippen LogP contribution in [0, 0.1) is 19.7 Å². The molecule has 0 atom stereocenters. The van der Waals surface area contributed by atoms with Crippen molar-refractivity contribution in [1.82, 2.24) is 25.1 Å². The second-order valence-electron chi connectivity index (χ2n) is 7.64. The van der Waals surface area contributed by atoms with Crippen molar-refractivity contribution in [3.8, 4) is 22.8 Å². The van der Waals surface area contributed by atoms with Crippen LogP contribution in [0.4, 0.5) is 4.39 Å². The first-order valence-corrected chi connectivity index (χ1v) is 9.45. The van der Waals surface area contributed by atoms with E-state index < -0.39 is 5.41 Å². The van der Waals surface area contributed by atoms with Gasteiger partial charge in [-0.1, -0.05) is 12.1 Å². The van der Waals surface area contributed by atoms with Crippen LogP contribution in [-0.2, 0) is 5.41 Å². The van der Waals surface area contributed by atoms with Crippen LogP contribution >= 0.6 is 0 Å². The van der Waals surface area contributed by atoms with Gasteiger partial charge in [-0.3, -0.25) is 10.1 Å². The lowest BCUT2D eigenvalue weighted by molar-refractivity contribution is 0.596. The lowest BCUT2D eigenvalue weighted by atomic mass is 9.84. The van der Waals surface area contributed by atoms with E-state index in [0.717, 1.165) is 34.0 Å². The number of nitrogens with one attached hydrogen (secondary N) is 1. The highest BCUT2D eigenvalue weighted by Gasteiger charge is 2.27. The number of aromatic amines is 1. The molecule has 3 aromatic heterocycles. The number of H-pyrrole nitrogens is 1. The van der Waals surface area contributed by atoms with Crippen molar-refractivity contribution in [1.29, 1.82) is 0 Å². The zero-order valence-corrected chi connectivity index (χ0v) is 16.9. The first-order valence-electron chi connectivity index (χ1n) is 9.45. The Labute approximate surface area is 169 Å². The summed E-state index contributed by atoms with van der Waals surface area (Å²) in [5, 5.41) is 7.06. The number of benzene rings is 1. The molecular weight excluding hydrogens is 365 g/mol. The van der Waals surface area contributed by atoms with E-state index in [4.69, 9.17) is 9.97 Å². The third kappa shape index (κ3) is 3.66. The normalized spacial score (nSPS) is 11.6. The maximum atomic E-state index is 13.5. The summed E-state index contributed by atoms with van der Waals surface area (Å²) >= 11 is 0. The molecule has 0 spiro atoms. The maximum absolute atomic E-state index is 13.5. The van der Waals surface area contributed by atoms with Crippen LogP contribution in [0.1, 0.15) is 36.6 Å². The molecule has 0 unspecified atom stereocenters.